The zero-order valence-electron chi connectivity index (χ0n) is 6.92. The van der Waals surface area contributed by atoms with Crippen LogP contribution in [0.15, 0.2) is 18.2 Å². The average Bonchev–Trinajstić information content (AvgIpc) is 2.03. The molecule has 0 saturated heterocycles. The van der Waals surface area contributed by atoms with E-state index in [0.717, 1.165) is 0 Å². The van der Waals surface area contributed by atoms with Gasteiger partial charge in [-0.15, -0.1) is 0 Å². The Balaban J connectivity index is 3.08. The number of aliphatic carboxylic acids is 1. The molecular formula is C9H8Cl2O2. The summed E-state index contributed by atoms with van der Waals surface area (Å²) in [6, 6.07) is 4.80. The largest absolute Gasteiger partial charge is 0.481 e. The third-order valence-electron chi connectivity index (χ3n) is 1.80. The lowest BCUT2D eigenvalue weighted by Gasteiger charge is -2.08. The third kappa shape index (κ3) is 2.36. The number of halogens is 2. The molecule has 0 fully saturated rings. The van der Waals surface area contributed by atoms with Crippen LogP contribution in [0.5, 0.6) is 0 Å². The van der Waals surface area contributed by atoms with Gasteiger partial charge in [-0.05, 0) is 24.6 Å². The van der Waals surface area contributed by atoms with Gasteiger partial charge in [0.05, 0.1) is 5.92 Å². The molecule has 0 radical (unpaired) electrons. The van der Waals surface area contributed by atoms with Gasteiger partial charge in [-0.25, -0.2) is 0 Å². The number of rotatable bonds is 2. The van der Waals surface area contributed by atoms with Crippen molar-refractivity contribution < 1.29 is 9.90 Å². The zero-order chi connectivity index (χ0) is 10.0. The van der Waals surface area contributed by atoms with Gasteiger partial charge in [0.2, 0.25) is 0 Å². The van der Waals surface area contributed by atoms with Crippen LogP contribution in [0.25, 0.3) is 0 Å². The van der Waals surface area contributed by atoms with Crippen molar-refractivity contribution in [2.45, 2.75) is 12.8 Å². The third-order valence-corrected chi connectivity index (χ3v) is 2.36. The lowest BCUT2D eigenvalue weighted by Crippen LogP contribution is -2.07. The topological polar surface area (TPSA) is 37.3 Å². The van der Waals surface area contributed by atoms with Crippen LogP contribution in [0.2, 0.25) is 10.0 Å². The normalized spacial score (nSPS) is 12.5. The van der Waals surface area contributed by atoms with E-state index in [9.17, 15) is 4.79 Å². The Morgan fingerprint density at radius 2 is 2.08 bits per heavy atom. The molecule has 1 N–H and O–H groups in total. The lowest BCUT2D eigenvalue weighted by atomic mass is 10.0. The second-order valence-electron chi connectivity index (χ2n) is 2.73. The van der Waals surface area contributed by atoms with Crippen LogP contribution in [0, 0.1) is 0 Å². The molecule has 1 rings (SSSR count). The fourth-order valence-corrected chi connectivity index (χ4v) is 1.56. The maximum atomic E-state index is 10.6. The first-order valence-electron chi connectivity index (χ1n) is 3.70. The van der Waals surface area contributed by atoms with E-state index in [2.05, 4.69) is 0 Å². The van der Waals surface area contributed by atoms with E-state index in [-0.39, 0.29) is 0 Å². The zero-order valence-corrected chi connectivity index (χ0v) is 8.43. The minimum Gasteiger partial charge on any atom is -0.481 e. The van der Waals surface area contributed by atoms with Crippen LogP contribution in [0.3, 0.4) is 0 Å². The lowest BCUT2D eigenvalue weighted by molar-refractivity contribution is -0.138. The maximum Gasteiger partial charge on any atom is 0.310 e. The molecule has 1 aromatic carbocycles. The minimum absolute atomic E-state index is 0.391. The first-order chi connectivity index (χ1) is 6.02. The Morgan fingerprint density at radius 3 is 2.54 bits per heavy atom. The summed E-state index contributed by atoms with van der Waals surface area (Å²) in [5.41, 5.74) is 0.582. The number of hydrogen-bond donors (Lipinski definition) is 1. The summed E-state index contributed by atoms with van der Waals surface area (Å²) in [5.74, 6) is -1.51. The molecule has 0 unspecified atom stereocenters. The Labute approximate surface area is 86.1 Å². The highest BCUT2D eigenvalue weighted by Crippen LogP contribution is 2.27. The summed E-state index contributed by atoms with van der Waals surface area (Å²) in [6.07, 6.45) is 0. The Bertz CT molecular complexity index is 336. The fraction of sp³-hybridized carbons (Fsp3) is 0.222. The van der Waals surface area contributed by atoms with Crippen molar-refractivity contribution >= 4 is 29.2 Å². The van der Waals surface area contributed by atoms with E-state index in [0.29, 0.717) is 15.6 Å². The maximum absolute atomic E-state index is 10.6. The molecule has 4 heteroatoms. The molecule has 0 heterocycles. The predicted molar refractivity (Wildman–Crippen MR) is 52.5 cm³/mol. The summed E-state index contributed by atoms with van der Waals surface area (Å²) >= 11 is 11.5. The molecule has 0 bridgehead atoms. The average molecular weight is 219 g/mol. The first kappa shape index (κ1) is 10.4. The smallest absolute Gasteiger partial charge is 0.310 e. The standard InChI is InChI=1S/C9H8Cl2O2/c1-5(9(12)13)7-3-2-6(10)4-8(7)11/h2-5H,1H3,(H,12,13)/t5-/m0/s1. The molecule has 0 spiro atoms. The second kappa shape index (κ2) is 3.99. The van der Waals surface area contributed by atoms with Gasteiger partial charge in [0.1, 0.15) is 0 Å². The molecule has 0 aromatic heterocycles. The van der Waals surface area contributed by atoms with E-state index in [1.54, 1.807) is 19.1 Å². The van der Waals surface area contributed by atoms with Crippen LogP contribution in [0.4, 0.5) is 0 Å². The molecule has 1 aromatic rings. The number of carbonyl (C=O) groups is 1. The molecule has 0 saturated carbocycles. The van der Waals surface area contributed by atoms with Gasteiger partial charge in [0.15, 0.2) is 0 Å². The van der Waals surface area contributed by atoms with Crippen LogP contribution in [-0.4, -0.2) is 11.1 Å². The molecule has 0 aliphatic rings. The quantitative estimate of drug-likeness (QED) is 0.829. The van der Waals surface area contributed by atoms with Gasteiger partial charge in [-0.1, -0.05) is 29.3 Å². The minimum atomic E-state index is -0.899. The second-order valence-corrected chi connectivity index (χ2v) is 3.57. The predicted octanol–water partition coefficient (Wildman–Crippen LogP) is 3.18. The van der Waals surface area contributed by atoms with Crippen molar-refractivity contribution in [3.63, 3.8) is 0 Å². The monoisotopic (exact) mass is 218 g/mol. The number of hydrogen-bond acceptors (Lipinski definition) is 1. The van der Waals surface area contributed by atoms with Gasteiger partial charge in [0, 0.05) is 10.0 Å². The number of benzene rings is 1. The van der Waals surface area contributed by atoms with E-state index in [1.165, 1.54) is 6.07 Å². The molecule has 0 aliphatic heterocycles. The molecule has 13 heavy (non-hydrogen) atoms. The Morgan fingerprint density at radius 1 is 1.46 bits per heavy atom. The summed E-state index contributed by atoms with van der Waals surface area (Å²) in [4.78, 5) is 10.6. The highest BCUT2D eigenvalue weighted by Gasteiger charge is 2.16. The Hall–Kier alpha value is -0.730. The summed E-state index contributed by atoms with van der Waals surface area (Å²) < 4.78 is 0. The summed E-state index contributed by atoms with van der Waals surface area (Å²) in [6.45, 7) is 1.58. The Kier molecular flexibility index (Phi) is 3.17. The molecule has 0 amide bonds. The van der Waals surface area contributed by atoms with Crippen molar-refractivity contribution in [3.8, 4) is 0 Å². The first-order valence-corrected chi connectivity index (χ1v) is 4.45. The van der Waals surface area contributed by atoms with Gasteiger partial charge < -0.3 is 5.11 Å². The van der Waals surface area contributed by atoms with Crippen LogP contribution < -0.4 is 0 Å². The summed E-state index contributed by atoms with van der Waals surface area (Å²) in [5, 5.41) is 9.63. The van der Waals surface area contributed by atoms with Crippen LogP contribution in [0.1, 0.15) is 18.4 Å². The van der Waals surface area contributed by atoms with Crippen molar-refractivity contribution in [1.29, 1.82) is 0 Å². The SMILES string of the molecule is C[C@H](C(=O)O)c1ccc(Cl)cc1Cl. The number of carboxylic acid groups (broad SMARTS) is 1. The van der Waals surface area contributed by atoms with E-state index in [4.69, 9.17) is 28.3 Å². The van der Waals surface area contributed by atoms with Gasteiger partial charge >= 0.3 is 5.97 Å². The molecule has 1 atom stereocenters. The van der Waals surface area contributed by atoms with Crippen molar-refractivity contribution in [2.24, 2.45) is 0 Å². The van der Waals surface area contributed by atoms with Crippen molar-refractivity contribution in [3.05, 3.63) is 33.8 Å². The molecule has 70 valence electrons. The van der Waals surface area contributed by atoms with Gasteiger partial charge in [-0.2, -0.15) is 0 Å². The molecular weight excluding hydrogens is 211 g/mol. The highest BCUT2D eigenvalue weighted by molar-refractivity contribution is 6.35. The molecule has 0 aliphatic carbocycles. The van der Waals surface area contributed by atoms with Gasteiger partial charge in [-0.3, -0.25) is 4.79 Å². The van der Waals surface area contributed by atoms with Crippen molar-refractivity contribution in [2.75, 3.05) is 0 Å². The van der Waals surface area contributed by atoms with Crippen LogP contribution >= 0.6 is 23.2 Å². The van der Waals surface area contributed by atoms with Crippen LogP contribution in [-0.2, 0) is 4.79 Å². The fourth-order valence-electron chi connectivity index (χ4n) is 0.986. The highest BCUT2D eigenvalue weighted by atomic mass is 35.5. The van der Waals surface area contributed by atoms with E-state index >= 15 is 0 Å². The van der Waals surface area contributed by atoms with E-state index in [1.807, 2.05) is 0 Å². The van der Waals surface area contributed by atoms with Gasteiger partial charge in [0.25, 0.3) is 0 Å². The summed E-state index contributed by atoms with van der Waals surface area (Å²) in [7, 11) is 0. The van der Waals surface area contributed by atoms with E-state index < -0.39 is 11.9 Å². The van der Waals surface area contributed by atoms with Crippen molar-refractivity contribution in [1.82, 2.24) is 0 Å². The molecule has 2 nitrogen and oxygen atoms in total. The number of carboxylic acids is 1.